The molecule has 0 fully saturated rings. The molecule has 0 aliphatic rings. The Kier molecular flexibility index (Phi) is 3.98. The van der Waals surface area contributed by atoms with Gasteiger partial charge in [-0.2, -0.15) is 5.10 Å². The smallest absolute Gasteiger partial charge is 0.271 e. The first-order valence-corrected chi connectivity index (χ1v) is 8.13. The molecule has 0 radical (unpaired) electrons. The van der Waals surface area contributed by atoms with Crippen molar-refractivity contribution in [3.63, 3.8) is 0 Å². The first-order valence-electron chi connectivity index (χ1n) is 7.25. The molecule has 3 rings (SSSR count). The van der Waals surface area contributed by atoms with Crippen molar-refractivity contribution in [2.75, 3.05) is 18.5 Å². The lowest BCUT2D eigenvalue weighted by molar-refractivity contribution is 0.652. The predicted octanol–water partition coefficient (Wildman–Crippen LogP) is 2.44. The zero-order valence-electron chi connectivity index (χ0n) is 12.9. The molecule has 0 saturated carbocycles. The van der Waals surface area contributed by atoms with Crippen molar-refractivity contribution < 1.29 is 0 Å². The van der Waals surface area contributed by atoms with Gasteiger partial charge in [0.15, 0.2) is 0 Å². The molecule has 22 heavy (non-hydrogen) atoms. The van der Waals surface area contributed by atoms with E-state index in [9.17, 15) is 4.79 Å². The van der Waals surface area contributed by atoms with Gasteiger partial charge >= 0.3 is 0 Å². The third kappa shape index (κ3) is 2.76. The number of anilines is 1. The third-order valence-corrected chi connectivity index (χ3v) is 4.60. The molecule has 3 aromatic rings. The van der Waals surface area contributed by atoms with Crippen LogP contribution in [0.25, 0.3) is 10.2 Å². The summed E-state index contributed by atoms with van der Waals surface area (Å²) in [5.74, 6) is 1.31. The first kappa shape index (κ1) is 14.8. The number of rotatable bonds is 5. The topological polar surface area (TPSA) is 66.8 Å². The molecule has 1 N–H and O–H groups in total. The quantitative estimate of drug-likeness (QED) is 0.785. The van der Waals surface area contributed by atoms with Crippen LogP contribution in [0.5, 0.6) is 0 Å². The number of likely N-dealkylation sites (N-methyl/N-ethyl adjacent to an activating group) is 1. The van der Waals surface area contributed by atoms with Crippen molar-refractivity contribution in [3.8, 4) is 0 Å². The highest BCUT2D eigenvalue weighted by molar-refractivity contribution is 7.17. The van der Waals surface area contributed by atoms with Crippen molar-refractivity contribution in [2.24, 2.45) is 0 Å². The van der Waals surface area contributed by atoms with Gasteiger partial charge in [0, 0.05) is 31.9 Å². The van der Waals surface area contributed by atoms with Crippen LogP contribution in [-0.4, -0.2) is 33.3 Å². The molecule has 0 aliphatic carbocycles. The van der Waals surface area contributed by atoms with Gasteiger partial charge in [-0.3, -0.25) is 14.5 Å². The maximum absolute atomic E-state index is 12.3. The average Bonchev–Trinajstić information content (AvgIpc) is 3.15. The number of thiophene rings is 1. The molecule has 3 aromatic heterocycles. The molecule has 0 unspecified atom stereocenters. The molecular formula is C15H19N5OS. The molecule has 3 heterocycles. The van der Waals surface area contributed by atoms with E-state index in [0.29, 0.717) is 23.7 Å². The highest BCUT2D eigenvalue weighted by Crippen LogP contribution is 2.17. The lowest BCUT2D eigenvalue weighted by Gasteiger charge is -2.16. The van der Waals surface area contributed by atoms with E-state index in [-0.39, 0.29) is 5.56 Å². The molecule has 116 valence electrons. The van der Waals surface area contributed by atoms with Crippen LogP contribution in [0, 0.1) is 0 Å². The van der Waals surface area contributed by atoms with Gasteiger partial charge < -0.3 is 4.90 Å². The molecular weight excluding hydrogens is 298 g/mol. The third-order valence-electron chi connectivity index (χ3n) is 3.71. The molecule has 0 amide bonds. The van der Waals surface area contributed by atoms with Gasteiger partial charge in [0.2, 0.25) is 0 Å². The van der Waals surface area contributed by atoms with Crippen molar-refractivity contribution in [3.05, 3.63) is 39.9 Å². The number of hydrogen-bond donors (Lipinski definition) is 1. The van der Waals surface area contributed by atoms with Crippen LogP contribution in [0.4, 0.5) is 5.82 Å². The van der Waals surface area contributed by atoms with E-state index >= 15 is 0 Å². The van der Waals surface area contributed by atoms with E-state index in [2.05, 4.69) is 29.0 Å². The monoisotopic (exact) mass is 317 g/mol. The number of nitrogens with one attached hydrogen (secondary N) is 1. The Hall–Kier alpha value is -2.15. The van der Waals surface area contributed by atoms with Crippen LogP contribution in [-0.2, 0) is 6.54 Å². The molecule has 0 bridgehead atoms. The Morgan fingerprint density at radius 1 is 1.45 bits per heavy atom. The van der Waals surface area contributed by atoms with Crippen LogP contribution in [0.1, 0.15) is 25.5 Å². The van der Waals surface area contributed by atoms with Gasteiger partial charge in [0.25, 0.3) is 5.56 Å². The Morgan fingerprint density at radius 3 is 3.00 bits per heavy atom. The van der Waals surface area contributed by atoms with Crippen molar-refractivity contribution >= 4 is 27.4 Å². The first-order chi connectivity index (χ1) is 10.6. The van der Waals surface area contributed by atoms with Gasteiger partial charge in [-0.1, -0.05) is 13.8 Å². The Balaban J connectivity index is 1.72. The minimum Gasteiger partial charge on any atom is -0.356 e. The second kappa shape index (κ2) is 5.92. The summed E-state index contributed by atoms with van der Waals surface area (Å²) < 4.78 is 2.37. The zero-order chi connectivity index (χ0) is 15.7. The average molecular weight is 317 g/mol. The van der Waals surface area contributed by atoms with Gasteiger partial charge in [-0.05, 0) is 17.4 Å². The molecule has 6 nitrogen and oxygen atoms in total. The maximum Gasteiger partial charge on any atom is 0.271 e. The summed E-state index contributed by atoms with van der Waals surface area (Å²) in [5, 5.41) is 9.25. The summed E-state index contributed by atoms with van der Waals surface area (Å²) in [6.07, 6.45) is 1.62. The fourth-order valence-corrected chi connectivity index (χ4v) is 3.02. The SMILES string of the molecule is CC(C)c1cc(N(C)CCn2cnc3ccsc3c2=O)n[nH]1. The highest BCUT2D eigenvalue weighted by atomic mass is 32.1. The number of hydrogen-bond acceptors (Lipinski definition) is 5. The largest absolute Gasteiger partial charge is 0.356 e. The number of fused-ring (bicyclic) bond motifs is 1. The summed E-state index contributed by atoms with van der Waals surface area (Å²) in [6.45, 7) is 5.53. The zero-order valence-corrected chi connectivity index (χ0v) is 13.7. The van der Waals surface area contributed by atoms with E-state index in [1.807, 2.05) is 29.5 Å². The number of H-pyrrole nitrogens is 1. The van der Waals surface area contributed by atoms with Gasteiger partial charge in [-0.15, -0.1) is 11.3 Å². The fourth-order valence-electron chi connectivity index (χ4n) is 2.23. The normalized spacial score (nSPS) is 11.5. The minimum atomic E-state index is 0.0262. The summed E-state index contributed by atoms with van der Waals surface area (Å²) >= 11 is 1.44. The molecule has 0 aromatic carbocycles. The molecule has 0 aliphatic heterocycles. The highest BCUT2D eigenvalue weighted by Gasteiger charge is 2.10. The van der Waals surface area contributed by atoms with Crippen molar-refractivity contribution in [1.29, 1.82) is 0 Å². The summed E-state index contributed by atoms with van der Waals surface area (Å²) in [4.78, 5) is 18.7. The molecule has 0 saturated heterocycles. The maximum atomic E-state index is 12.3. The summed E-state index contributed by atoms with van der Waals surface area (Å²) in [5.41, 5.74) is 1.91. The lowest BCUT2D eigenvalue weighted by Crippen LogP contribution is -2.28. The number of nitrogens with zero attached hydrogens (tertiary/aromatic N) is 4. The Bertz CT molecular complexity index is 832. The van der Waals surface area contributed by atoms with E-state index in [0.717, 1.165) is 17.0 Å². The number of aromatic amines is 1. The van der Waals surface area contributed by atoms with E-state index in [4.69, 9.17) is 0 Å². The van der Waals surface area contributed by atoms with Gasteiger partial charge in [-0.25, -0.2) is 4.98 Å². The van der Waals surface area contributed by atoms with Gasteiger partial charge in [0.1, 0.15) is 10.5 Å². The summed E-state index contributed by atoms with van der Waals surface area (Å²) in [7, 11) is 1.97. The van der Waals surface area contributed by atoms with Crippen LogP contribution < -0.4 is 10.5 Å². The van der Waals surface area contributed by atoms with Crippen LogP contribution >= 0.6 is 11.3 Å². The Labute approximate surface area is 132 Å². The van der Waals surface area contributed by atoms with Crippen LogP contribution in [0.2, 0.25) is 0 Å². The van der Waals surface area contributed by atoms with E-state index in [1.165, 1.54) is 11.3 Å². The van der Waals surface area contributed by atoms with Gasteiger partial charge in [0.05, 0.1) is 11.8 Å². The Morgan fingerprint density at radius 2 is 2.27 bits per heavy atom. The standard InChI is InChI=1S/C15H19N5OS/c1-10(2)12-8-13(18-17-12)19(3)5-6-20-9-16-11-4-7-22-14(11)15(20)21/h4,7-10H,5-6H2,1-3H3,(H,17,18). The lowest BCUT2D eigenvalue weighted by atomic mass is 10.1. The molecule has 7 heteroatoms. The second-order valence-corrected chi connectivity index (χ2v) is 6.55. The molecule has 0 spiro atoms. The predicted molar refractivity (Wildman–Crippen MR) is 89.8 cm³/mol. The fraction of sp³-hybridized carbons (Fsp3) is 0.400. The van der Waals surface area contributed by atoms with Crippen molar-refractivity contribution in [2.45, 2.75) is 26.3 Å². The number of aromatic nitrogens is 4. The van der Waals surface area contributed by atoms with E-state index in [1.54, 1.807) is 10.9 Å². The van der Waals surface area contributed by atoms with Crippen LogP contribution in [0.3, 0.4) is 0 Å². The van der Waals surface area contributed by atoms with Crippen molar-refractivity contribution in [1.82, 2.24) is 19.7 Å². The summed E-state index contributed by atoms with van der Waals surface area (Å²) in [6, 6.07) is 3.92. The molecule has 0 atom stereocenters. The second-order valence-electron chi connectivity index (χ2n) is 5.64. The minimum absolute atomic E-state index is 0.0262. The van der Waals surface area contributed by atoms with E-state index < -0.39 is 0 Å². The van der Waals surface area contributed by atoms with Crippen LogP contribution in [0.15, 0.2) is 28.6 Å².